The third-order valence-electron chi connectivity index (χ3n) is 2.98. The van der Waals surface area contributed by atoms with Crippen molar-refractivity contribution in [1.29, 1.82) is 0 Å². The fourth-order valence-electron chi connectivity index (χ4n) is 1.86. The van der Waals surface area contributed by atoms with Crippen LogP contribution in [0.3, 0.4) is 0 Å². The fraction of sp³-hybridized carbons (Fsp3) is 0.538. The Labute approximate surface area is 97.2 Å². The van der Waals surface area contributed by atoms with Gasteiger partial charge in [-0.3, -0.25) is 0 Å². The monoisotopic (exact) mass is 223 g/mol. The Balaban J connectivity index is 3.04. The number of aliphatic hydroxyl groups is 1. The van der Waals surface area contributed by atoms with E-state index in [4.69, 9.17) is 10.5 Å². The SMILES string of the molecule is CCC(CN)C(O)c1cc(C)ccc1OC. The van der Waals surface area contributed by atoms with Gasteiger partial charge in [-0.05, 0) is 32.0 Å². The van der Waals surface area contributed by atoms with Crippen molar-refractivity contribution < 1.29 is 9.84 Å². The van der Waals surface area contributed by atoms with E-state index in [1.165, 1.54) is 0 Å². The van der Waals surface area contributed by atoms with Gasteiger partial charge in [-0.15, -0.1) is 0 Å². The normalized spacial score (nSPS) is 14.6. The minimum absolute atomic E-state index is 0.0794. The summed E-state index contributed by atoms with van der Waals surface area (Å²) in [4.78, 5) is 0. The van der Waals surface area contributed by atoms with Gasteiger partial charge in [0.15, 0.2) is 0 Å². The molecule has 1 aromatic carbocycles. The Hall–Kier alpha value is -1.06. The van der Waals surface area contributed by atoms with E-state index in [1.807, 2.05) is 32.0 Å². The van der Waals surface area contributed by atoms with Crippen LogP contribution in [0.5, 0.6) is 5.75 Å². The first-order valence-corrected chi connectivity index (χ1v) is 5.66. The van der Waals surface area contributed by atoms with E-state index >= 15 is 0 Å². The number of methoxy groups -OCH3 is 1. The molecule has 0 saturated carbocycles. The number of benzene rings is 1. The number of nitrogens with two attached hydrogens (primary N) is 1. The van der Waals surface area contributed by atoms with Gasteiger partial charge in [-0.2, -0.15) is 0 Å². The molecule has 1 rings (SSSR count). The Morgan fingerprint density at radius 3 is 2.62 bits per heavy atom. The molecule has 2 atom stereocenters. The average Bonchev–Trinajstić information content (AvgIpc) is 2.30. The second kappa shape index (κ2) is 5.87. The lowest BCUT2D eigenvalue weighted by Crippen LogP contribution is -2.21. The molecule has 0 aliphatic rings. The smallest absolute Gasteiger partial charge is 0.124 e. The molecule has 16 heavy (non-hydrogen) atoms. The molecule has 3 nitrogen and oxygen atoms in total. The summed E-state index contributed by atoms with van der Waals surface area (Å²) in [5, 5.41) is 10.3. The van der Waals surface area contributed by atoms with Crippen molar-refractivity contribution in [2.75, 3.05) is 13.7 Å². The summed E-state index contributed by atoms with van der Waals surface area (Å²) in [6, 6.07) is 5.82. The number of ether oxygens (including phenoxy) is 1. The third kappa shape index (κ3) is 2.74. The number of hydrogen-bond donors (Lipinski definition) is 2. The topological polar surface area (TPSA) is 55.5 Å². The van der Waals surface area contributed by atoms with Crippen LogP contribution in [-0.4, -0.2) is 18.8 Å². The van der Waals surface area contributed by atoms with Crippen molar-refractivity contribution >= 4 is 0 Å². The summed E-state index contributed by atoms with van der Waals surface area (Å²) in [6.45, 7) is 4.51. The fourth-order valence-corrected chi connectivity index (χ4v) is 1.86. The molecule has 0 saturated heterocycles. The molecule has 3 N–H and O–H groups in total. The summed E-state index contributed by atoms with van der Waals surface area (Å²) in [7, 11) is 1.62. The van der Waals surface area contributed by atoms with Gasteiger partial charge in [-0.25, -0.2) is 0 Å². The molecular formula is C13H21NO2. The van der Waals surface area contributed by atoms with Gasteiger partial charge in [0.1, 0.15) is 5.75 Å². The van der Waals surface area contributed by atoms with Crippen LogP contribution in [0.4, 0.5) is 0 Å². The van der Waals surface area contributed by atoms with Crippen LogP contribution in [0, 0.1) is 12.8 Å². The average molecular weight is 223 g/mol. The minimum atomic E-state index is -0.551. The Kier molecular flexibility index (Phi) is 4.77. The molecule has 0 bridgehead atoms. The predicted octanol–water partition coefficient (Wildman–Crippen LogP) is 2.02. The molecule has 0 aliphatic carbocycles. The highest BCUT2D eigenvalue weighted by Gasteiger charge is 2.21. The maximum Gasteiger partial charge on any atom is 0.124 e. The summed E-state index contributed by atoms with van der Waals surface area (Å²) in [5.41, 5.74) is 7.60. The van der Waals surface area contributed by atoms with E-state index in [9.17, 15) is 5.11 Å². The first-order chi connectivity index (χ1) is 7.63. The summed E-state index contributed by atoms with van der Waals surface area (Å²) in [6.07, 6.45) is 0.305. The van der Waals surface area contributed by atoms with Crippen LogP contribution in [0.25, 0.3) is 0 Å². The van der Waals surface area contributed by atoms with Gasteiger partial charge in [-0.1, -0.05) is 18.6 Å². The van der Waals surface area contributed by atoms with Gasteiger partial charge in [0.25, 0.3) is 0 Å². The Morgan fingerprint density at radius 1 is 1.44 bits per heavy atom. The number of rotatable bonds is 5. The van der Waals surface area contributed by atoms with Gasteiger partial charge in [0.05, 0.1) is 13.2 Å². The highest BCUT2D eigenvalue weighted by Crippen LogP contribution is 2.31. The van der Waals surface area contributed by atoms with Crippen molar-refractivity contribution in [2.45, 2.75) is 26.4 Å². The van der Waals surface area contributed by atoms with Gasteiger partial charge >= 0.3 is 0 Å². The number of aliphatic hydroxyl groups excluding tert-OH is 1. The van der Waals surface area contributed by atoms with E-state index in [-0.39, 0.29) is 5.92 Å². The van der Waals surface area contributed by atoms with E-state index in [1.54, 1.807) is 7.11 Å². The van der Waals surface area contributed by atoms with Crippen LogP contribution in [-0.2, 0) is 0 Å². The van der Waals surface area contributed by atoms with Crippen molar-refractivity contribution in [2.24, 2.45) is 11.7 Å². The van der Waals surface area contributed by atoms with Gasteiger partial charge in [0.2, 0.25) is 0 Å². The lowest BCUT2D eigenvalue weighted by atomic mass is 9.92. The molecule has 0 aliphatic heterocycles. The van der Waals surface area contributed by atoms with Crippen molar-refractivity contribution in [3.05, 3.63) is 29.3 Å². The van der Waals surface area contributed by atoms with Crippen molar-refractivity contribution in [3.63, 3.8) is 0 Å². The summed E-state index contributed by atoms with van der Waals surface area (Å²) < 4.78 is 5.26. The van der Waals surface area contributed by atoms with Gasteiger partial charge in [0, 0.05) is 11.5 Å². The van der Waals surface area contributed by atoms with Crippen molar-refractivity contribution in [1.82, 2.24) is 0 Å². The zero-order valence-electron chi connectivity index (χ0n) is 10.2. The number of hydrogen-bond acceptors (Lipinski definition) is 3. The molecule has 0 aromatic heterocycles. The second-order valence-corrected chi connectivity index (χ2v) is 4.09. The van der Waals surface area contributed by atoms with E-state index in [0.717, 1.165) is 23.3 Å². The molecule has 0 spiro atoms. The van der Waals surface area contributed by atoms with Crippen LogP contribution >= 0.6 is 0 Å². The highest BCUT2D eigenvalue weighted by atomic mass is 16.5. The highest BCUT2D eigenvalue weighted by molar-refractivity contribution is 5.38. The molecule has 0 fully saturated rings. The molecule has 0 heterocycles. The summed E-state index contributed by atoms with van der Waals surface area (Å²) in [5.74, 6) is 0.806. The largest absolute Gasteiger partial charge is 0.496 e. The molecule has 0 radical (unpaired) electrons. The van der Waals surface area contributed by atoms with Crippen LogP contribution in [0.1, 0.15) is 30.6 Å². The first kappa shape index (κ1) is 13.0. The first-order valence-electron chi connectivity index (χ1n) is 5.66. The lowest BCUT2D eigenvalue weighted by Gasteiger charge is -2.22. The van der Waals surface area contributed by atoms with Crippen LogP contribution in [0.15, 0.2) is 18.2 Å². The third-order valence-corrected chi connectivity index (χ3v) is 2.98. The predicted molar refractivity (Wildman–Crippen MR) is 65.5 cm³/mol. The van der Waals surface area contributed by atoms with Crippen LogP contribution in [0.2, 0.25) is 0 Å². The standard InChI is InChI=1S/C13H21NO2/c1-4-10(8-14)13(15)11-7-9(2)5-6-12(11)16-3/h5-7,10,13,15H,4,8,14H2,1-3H3. The Morgan fingerprint density at radius 2 is 2.12 bits per heavy atom. The molecule has 2 unspecified atom stereocenters. The summed E-state index contributed by atoms with van der Waals surface area (Å²) >= 11 is 0. The second-order valence-electron chi connectivity index (χ2n) is 4.09. The maximum atomic E-state index is 10.3. The lowest BCUT2D eigenvalue weighted by molar-refractivity contribution is 0.107. The molecule has 0 amide bonds. The van der Waals surface area contributed by atoms with E-state index < -0.39 is 6.10 Å². The number of aryl methyl sites for hydroxylation is 1. The van der Waals surface area contributed by atoms with Crippen molar-refractivity contribution in [3.8, 4) is 5.75 Å². The zero-order valence-corrected chi connectivity index (χ0v) is 10.2. The molecular weight excluding hydrogens is 202 g/mol. The van der Waals surface area contributed by atoms with Gasteiger partial charge < -0.3 is 15.6 Å². The molecule has 1 aromatic rings. The molecule has 90 valence electrons. The van der Waals surface area contributed by atoms with Crippen LogP contribution < -0.4 is 10.5 Å². The molecule has 3 heteroatoms. The van der Waals surface area contributed by atoms with E-state index in [2.05, 4.69) is 0 Å². The quantitative estimate of drug-likeness (QED) is 0.803. The Bertz CT molecular complexity index is 335. The minimum Gasteiger partial charge on any atom is -0.496 e. The zero-order chi connectivity index (χ0) is 12.1. The maximum absolute atomic E-state index is 10.3. The van der Waals surface area contributed by atoms with E-state index in [0.29, 0.717) is 6.54 Å².